The van der Waals surface area contributed by atoms with Crippen molar-refractivity contribution in [2.24, 2.45) is 0 Å². The van der Waals surface area contributed by atoms with Crippen LogP contribution in [0.4, 0.5) is 5.69 Å². The van der Waals surface area contributed by atoms with E-state index in [1.807, 2.05) is 4.90 Å². The van der Waals surface area contributed by atoms with Gasteiger partial charge in [0.15, 0.2) is 0 Å². The van der Waals surface area contributed by atoms with Gasteiger partial charge in [0.25, 0.3) is 0 Å². The lowest BCUT2D eigenvalue weighted by Gasteiger charge is -2.35. The Balaban J connectivity index is 2.23. The number of ether oxygens (including phenoxy) is 1. The van der Waals surface area contributed by atoms with Crippen molar-refractivity contribution in [1.82, 2.24) is 5.32 Å². The Morgan fingerprint density at radius 3 is 2.74 bits per heavy atom. The SMILES string of the molecule is C[S-](C)#Cc1ccc2c(c1)C(NCOC(C)(C)C)CCN2CO. The zero-order valence-corrected chi connectivity index (χ0v) is 15.7. The maximum absolute atomic E-state index is 9.59. The van der Waals surface area contributed by atoms with E-state index in [1.165, 1.54) is 5.56 Å². The number of aliphatic hydroxyl groups is 1. The average Bonchev–Trinajstić information content (AvgIpc) is 2.45. The van der Waals surface area contributed by atoms with Gasteiger partial charge < -0.3 is 25.0 Å². The lowest BCUT2D eigenvalue weighted by Crippen LogP contribution is -2.38. The molecule has 23 heavy (non-hydrogen) atoms. The van der Waals surface area contributed by atoms with Crippen molar-refractivity contribution >= 4 is 16.0 Å². The molecule has 2 rings (SSSR count). The van der Waals surface area contributed by atoms with E-state index in [4.69, 9.17) is 4.74 Å². The Morgan fingerprint density at radius 2 is 2.13 bits per heavy atom. The van der Waals surface area contributed by atoms with E-state index in [0.717, 1.165) is 24.2 Å². The van der Waals surface area contributed by atoms with E-state index in [9.17, 15) is 5.11 Å². The monoisotopic (exact) mass is 337 g/mol. The van der Waals surface area contributed by atoms with Crippen molar-refractivity contribution in [2.75, 3.05) is 37.4 Å². The molecule has 0 bridgehead atoms. The summed E-state index contributed by atoms with van der Waals surface area (Å²) < 4.78 is 5.81. The number of rotatable bonds is 4. The number of benzene rings is 1. The van der Waals surface area contributed by atoms with Gasteiger partial charge in [-0.05, 0) is 56.5 Å². The molecule has 1 atom stereocenters. The number of hydrogen-bond acceptors (Lipinski definition) is 5. The van der Waals surface area contributed by atoms with Gasteiger partial charge in [0, 0.05) is 18.3 Å². The third kappa shape index (κ3) is 5.27. The maximum Gasteiger partial charge on any atom is 0.115 e. The summed E-state index contributed by atoms with van der Waals surface area (Å²) in [7, 11) is 0.136. The van der Waals surface area contributed by atoms with Gasteiger partial charge in [0.1, 0.15) is 6.73 Å². The van der Waals surface area contributed by atoms with Crippen LogP contribution in [-0.2, 0) is 15.0 Å². The van der Waals surface area contributed by atoms with E-state index in [2.05, 4.69) is 62.0 Å². The third-order valence-corrected chi connectivity index (χ3v) is 4.40. The second-order valence-electron chi connectivity index (χ2n) is 7.04. The van der Waals surface area contributed by atoms with Gasteiger partial charge in [-0.1, -0.05) is 0 Å². The zero-order chi connectivity index (χ0) is 17.0. The smallest absolute Gasteiger partial charge is 0.115 e. The Bertz CT molecular complexity index is 619. The van der Waals surface area contributed by atoms with Gasteiger partial charge >= 0.3 is 0 Å². The Labute approximate surface area is 142 Å². The fourth-order valence-electron chi connectivity index (χ4n) is 2.70. The summed E-state index contributed by atoms with van der Waals surface area (Å²) in [5.74, 6) is 0. The summed E-state index contributed by atoms with van der Waals surface area (Å²) in [5, 5.41) is 16.6. The molecule has 5 heteroatoms. The van der Waals surface area contributed by atoms with Crippen molar-refractivity contribution in [1.29, 1.82) is 0 Å². The molecule has 0 fully saturated rings. The number of nitrogens with one attached hydrogen (secondary N) is 1. The minimum absolute atomic E-state index is 0.0525. The molecule has 0 amide bonds. The molecule has 1 aromatic rings. The van der Waals surface area contributed by atoms with E-state index >= 15 is 0 Å². The lowest BCUT2D eigenvalue weighted by atomic mass is 9.95. The summed E-state index contributed by atoms with van der Waals surface area (Å²) in [6.45, 7) is 7.59. The number of fused-ring (bicyclic) bond motifs is 1. The average molecular weight is 338 g/mol. The third-order valence-electron chi connectivity index (χ3n) is 3.76. The predicted molar refractivity (Wildman–Crippen MR) is 99.3 cm³/mol. The minimum Gasteiger partial charge on any atom is -0.455 e. The Kier molecular flexibility index (Phi) is 6.18. The van der Waals surface area contributed by atoms with E-state index < -0.39 is 0 Å². The summed E-state index contributed by atoms with van der Waals surface area (Å²) in [6.07, 6.45) is 5.27. The van der Waals surface area contributed by atoms with Crippen molar-refractivity contribution in [3.8, 4) is 5.18 Å². The molecule has 1 aromatic carbocycles. The normalized spacial score (nSPS) is 18.0. The number of anilines is 1. The first-order valence-electron chi connectivity index (χ1n) is 8.01. The fraction of sp³-hybridized carbons (Fsp3) is 0.611. The molecule has 0 spiro atoms. The Morgan fingerprint density at radius 1 is 1.39 bits per heavy atom. The first kappa shape index (κ1) is 18.4. The summed E-state index contributed by atoms with van der Waals surface area (Å²) in [4.78, 5) is 2.01. The molecule has 130 valence electrons. The molecular weight excluding hydrogens is 308 g/mol. The van der Waals surface area contributed by atoms with Crippen molar-refractivity contribution in [2.45, 2.75) is 38.8 Å². The molecule has 1 heterocycles. The van der Waals surface area contributed by atoms with Crippen LogP contribution in [0.15, 0.2) is 18.2 Å². The molecule has 0 aromatic heterocycles. The standard InChI is InChI=1S/C18H29N2O2S/c1-18(2,3)22-12-19-16-8-9-20(13-21)17-7-6-14(10-15(16)17)11-23(4)5/h6-7,10,16,19,21H,8-9,12-13H2,1-5H3/q-1. The molecule has 0 aliphatic carbocycles. The van der Waals surface area contributed by atoms with Crippen LogP contribution in [0.3, 0.4) is 0 Å². The van der Waals surface area contributed by atoms with Gasteiger partial charge in [0.2, 0.25) is 0 Å². The molecule has 0 radical (unpaired) electrons. The fourth-order valence-corrected chi connectivity index (χ4v) is 3.30. The lowest BCUT2D eigenvalue weighted by molar-refractivity contribution is -0.0178. The van der Waals surface area contributed by atoms with Gasteiger partial charge in [-0.25, -0.2) is 0 Å². The van der Waals surface area contributed by atoms with Crippen LogP contribution in [0.5, 0.6) is 0 Å². The van der Waals surface area contributed by atoms with Crippen LogP contribution < -0.4 is 10.2 Å². The molecule has 1 unspecified atom stereocenters. The molecule has 2 N–H and O–H groups in total. The second-order valence-corrected chi connectivity index (χ2v) is 8.88. The highest BCUT2D eigenvalue weighted by atomic mass is 32.2. The van der Waals surface area contributed by atoms with Crippen molar-refractivity contribution in [3.63, 3.8) is 0 Å². The van der Waals surface area contributed by atoms with E-state index in [0.29, 0.717) is 6.73 Å². The quantitative estimate of drug-likeness (QED) is 0.654. The molecular formula is C18H29N2O2S-. The number of nitrogens with zero attached hydrogens (tertiary/aromatic N) is 1. The summed E-state index contributed by atoms with van der Waals surface area (Å²) >= 11 is 0. The first-order chi connectivity index (χ1) is 10.8. The van der Waals surface area contributed by atoms with Crippen LogP contribution in [0.25, 0.3) is 0 Å². The molecule has 4 nitrogen and oxygen atoms in total. The second kappa shape index (κ2) is 7.73. The van der Waals surface area contributed by atoms with Crippen LogP contribution in [0.2, 0.25) is 0 Å². The molecule has 1 aliphatic heterocycles. The van der Waals surface area contributed by atoms with Gasteiger partial charge in [-0.2, -0.15) is 0 Å². The number of hydrogen-bond donors (Lipinski definition) is 2. The molecule has 1 aliphatic rings. The summed E-state index contributed by atoms with van der Waals surface area (Å²) in [5.41, 5.74) is 3.30. The molecule has 0 saturated heterocycles. The maximum atomic E-state index is 9.59. The first-order valence-corrected chi connectivity index (χ1v) is 10.1. The van der Waals surface area contributed by atoms with Crippen molar-refractivity contribution < 1.29 is 9.84 Å². The van der Waals surface area contributed by atoms with E-state index in [-0.39, 0.29) is 28.7 Å². The minimum atomic E-state index is -0.149. The van der Waals surface area contributed by atoms with Gasteiger partial charge in [0.05, 0.1) is 12.3 Å². The van der Waals surface area contributed by atoms with Crippen LogP contribution in [0, 0.1) is 5.18 Å². The zero-order valence-electron chi connectivity index (χ0n) is 14.8. The van der Waals surface area contributed by atoms with Gasteiger partial charge in [-0.15, -0.1) is 12.5 Å². The van der Waals surface area contributed by atoms with Gasteiger partial charge in [-0.3, -0.25) is 10.5 Å². The Hall–Kier alpha value is -0.970. The topological polar surface area (TPSA) is 44.7 Å². The highest BCUT2D eigenvalue weighted by Gasteiger charge is 2.25. The summed E-state index contributed by atoms with van der Waals surface area (Å²) in [6, 6.07) is 6.62. The highest BCUT2D eigenvalue weighted by molar-refractivity contribution is 7.85. The largest absolute Gasteiger partial charge is 0.455 e. The molecule has 0 saturated carbocycles. The number of aliphatic hydroxyl groups excluding tert-OH is 1. The highest BCUT2D eigenvalue weighted by Crippen LogP contribution is 2.34. The van der Waals surface area contributed by atoms with E-state index in [1.54, 1.807) is 0 Å². The van der Waals surface area contributed by atoms with Crippen LogP contribution >= 0.6 is 0 Å². The van der Waals surface area contributed by atoms with Crippen LogP contribution in [-0.4, -0.2) is 43.2 Å². The predicted octanol–water partition coefficient (Wildman–Crippen LogP) is 2.44. The van der Waals surface area contributed by atoms with Crippen molar-refractivity contribution in [3.05, 3.63) is 29.3 Å². The van der Waals surface area contributed by atoms with Crippen LogP contribution in [0.1, 0.15) is 44.4 Å².